The van der Waals surface area contributed by atoms with E-state index in [-0.39, 0.29) is 5.38 Å². The Kier molecular flexibility index (Phi) is 2.34. The van der Waals surface area contributed by atoms with Gasteiger partial charge in [0.15, 0.2) is 0 Å². The SMILES string of the molecule is CC(Cl)c1nnc(N(C)C)o1. The van der Waals surface area contributed by atoms with Crippen LogP contribution >= 0.6 is 11.6 Å². The molecule has 0 spiro atoms. The van der Waals surface area contributed by atoms with E-state index in [0.29, 0.717) is 11.9 Å². The third-order valence-electron chi connectivity index (χ3n) is 1.15. The van der Waals surface area contributed by atoms with Crippen LogP contribution in [-0.4, -0.2) is 24.3 Å². The summed E-state index contributed by atoms with van der Waals surface area (Å²) in [7, 11) is 3.66. The molecule has 0 amide bonds. The molecule has 0 aliphatic carbocycles. The molecule has 0 fully saturated rings. The smallest absolute Gasteiger partial charge is 0.317 e. The average molecular weight is 176 g/mol. The van der Waals surface area contributed by atoms with Gasteiger partial charge in [-0.2, -0.15) is 0 Å². The van der Waals surface area contributed by atoms with Gasteiger partial charge in [0.25, 0.3) is 0 Å². The molecule has 11 heavy (non-hydrogen) atoms. The maximum absolute atomic E-state index is 5.71. The Labute approximate surface area is 70.2 Å². The van der Waals surface area contributed by atoms with Crippen molar-refractivity contribution in [2.24, 2.45) is 0 Å². The third-order valence-corrected chi connectivity index (χ3v) is 1.34. The van der Waals surface area contributed by atoms with Crippen LogP contribution in [-0.2, 0) is 0 Å². The molecule has 62 valence electrons. The number of rotatable bonds is 2. The molecule has 1 aromatic rings. The minimum Gasteiger partial charge on any atom is -0.406 e. The van der Waals surface area contributed by atoms with Crippen LogP contribution in [0.3, 0.4) is 0 Å². The van der Waals surface area contributed by atoms with Gasteiger partial charge in [0.1, 0.15) is 5.38 Å². The zero-order chi connectivity index (χ0) is 8.43. The summed E-state index contributed by atoms with van der Waals surface area (Å²) in [6.45, 7) is 1.79. The molecule has 1 atom stereocenters. The molecule has 1 heterocycles. The molecule has 0 saturated heterocycles. The van der Waals surface area contributed by atoms with E-state index in [1.165, 1.54) is 0 Å². The van der Waals surface area contributed by atoms with E-state index < -0.39 is 0 Å². The van der Waals surface area contributed by atoms with Crippen molar-refractivity contribution in [2.45, 2.75) is 12.3 Å². The molecule has 5 heteroatoms. The summed E-state index contributed by atoms with van der Waals surface area (Å²) in [6, 6.07) is 0.479. The zero-order valence-electron chi connectivity index (χ0n) is 6.71. The highest BCUT2D eigenvalue weighted by Gasteiger charge is 2.11. The fourth-order valence-corrected chi connectivity index (χ4v) is 0.656. The van der Waals surface area contributed by atoms with Crippen LogP contribution in [0, 0.1) is 0 Å². The van der Waals surface area contributed by atoms with Crippen molar-refractivity contribution in [2.75, 3.05) is 19.0 Å². The second kappa shape index (κ2) is 3.09. The van der Waals surface area contributed by atoms with Gasteiger partial charge in [0.2, 0.25) is 5.89 Å². The lowest BCUT2D eigenvalue weighted by molar-refractivity contribution is 0.496. The van der Waals surface area contributed by atoms with Gasteiger partial charge in [-0.1, -0.05) is 5.10 Å². The first-order valence-electron chi connectivity index (χ1n) is 3.26. The number of hydrogen-bond acceptors (Lipinski definition) is 4. The molecule has 0 radical (unpaired) electrons. The lowest BCUT2D eigenvalue weighted by atomic mass is 10.5. The van der Waals surface area contributed by atoms with Crippen molar-refractivity contribution in [1.82, 2.24) is 10.2 Å². The van der Waals surface area contributed by atoms with Gasteiger partial charge in [-0.3, -0.25) is 0 Å². The highest BCUT2D eigenvalue weighted by molar-refractivity contribution is 6.20. The standard InChI is InChI=1S/C6H10ClN3O/c1-4(7)5-8-9-6(11-5)10(2)3/h4H,1-3H3. The summed E-state index contributed by atoms with van der Waals surface area (Å²) >= 11 is 5.71. The molecular weight excluding hydrogens is 166 g/mol. The number of halogens is 1. The van der Waals surface area contributed by atoms with Crippen LogP contribution in [0.25, 0.3) is 0 Å². The number of anilines is 1. The molecule has 0 saturated carbocycles. The van der Waals surface area contributed by atoms with Crippen LogP contribution in [0.2, 0.25) is 0 Å². The van der Waals surface area contributed by atoms with E-state index >= 15 is 0 Å². The quantitative estimate of drug-likeness (QED) is 0.638. The van der Waals surface area contributed by atoms with Crippen LogP contribution in [0.15, 0.2) is 4.42 Å². The molecular formula is C6H10ClN3O. The number of alkyl halides is 1. The topological polar surface area (TPSA) is 42.2 Å². The Balaban J connectivity index is 2.82. The largest absolute Gasteiger partial charge is 0.406 e. The fraction of sp³-hybridized carbons (Fsp3) is 0.667. The van der Waals surface area contributed by atoms with Crippen LogP contribution in [0.5, 0.6) is 0 Å². The lowest BCUT2D eigenvalue weighted by Gasteiger charge is -2.02. The van der Waals surface area contributed by atoms with E-state index in [1.54, 1.807) is 11.8 Å². The first-order valence-corrected chi connectivity index (χ1v) is 3.69. The van der Waals surface area contributed by atoms with Crippen molar-refractivity contribution in [3.05, 3.63) is 5.89 Å². The second-order valence-electron chi connectivity index (χ2n) is 2.43. The molecule has 0 aliphatic heterocycles. The summed E-state index contributed by atoms with van der Waals surface area (Å²) in [5.74, 6) is 0.454. The highest BCUT2D eigenvalue weighted by Crippen LogP contribution is 2.19. The monoisotopic (exact) mass is 175 g/mol. The average Bonchev–Trinajstić information content (AvgIpc) is 2.33. The van der Waals surface area contributed by atoms with Crippen molar-refractivity contribution in [1.29, 1.82) is 0 Å². The van der Waals surface area contributed by atoms with Crippen molar-refractivity contribution in [3.8, 4) is 0 Å². The summed E-state index contributed by atoms with van der Waals surface area (Å²) in [5, 5.41) is 7.28. The molecule has 4 nitrogen and oxygen atoms in total. The van der Waals surface area contributed by atoms with E-state index in [4.69, 9.17) is 16.0 Å². The molecule has 0 aromatic carbocycles. The number of nitrogens with zero attached hydrogens (tertiary/aromatic N) is 3. The van der Waals surface area contributed by atoms with Gasteiger partial charge in [-0.15, -0.1) is 16.7 Å². The van der Waals surface area contributed by atoms with E-state index in [1.807, 2.05) is 14.1 Å². The van der Waals surface area contributed by atoms with Gasteiger partial charge >= 0.3 is 6.01 Å². The molecule has 1 aromatic heterocycles. The van der Waals surface area contributed by atoms with Gasteiger partial charge in [0, 0.05) is 14.1 Å². The number of hydrogen-bond donors (Lipinski definition) is 0. The summed E-state index contributed by atoms with van der Waals surface area (Å²) < 4.78 is 5.18. The highest BCUT2D eigenvalue weighted by atomic mass is 35.5. The first kappa shape index (κ1) is 8.33. The third kappa shape index (κ3) is 1.83. The Morgan fingerprint density at radius 3 is 2.36 bits per heavy atom. The molecule has 1 unspecified atom stereocenters. The van der Waals surface area contributed by atoms with Crippen LogP contribution < -0.4 is 4.90 Å². The molecule has 0 N–H and O–H groups in total. The molecule has 1 rings (SSSR count). The fourth-order valence-electron chi connectivity index (χ4n) is 0.568. The van der Waals surface area contributed by atoms with E-state index in [2.05, 4.69) is 10.2 Å². The first-order chi connectivity index (χ1) is 5.11. The lowest BCUT2D eigenvalue weighted by Crippen LogP contribution is -2.08. The Hall–Kier alpha value is -0.770. The normalized spacial score (nSPS) is 13.1. The molecule has 0 bridgehead atoms. The summed E-state index contributed by atoms with van der Waals surface area (Å²) in [4.78, 5) is 1.73. The zero-order valence-corrected chi connectivity index (χ0v) is 7.46. The van der Waals surface area contributed by atoms with Gasteiger partial charge in [-0.05, 0) is 6.92 Å². The van der Waals surface area contributed by atoms with Crippen LogP contribution in [0.4, 0.5) is 6.01 Å². The predicted octanol–water partition coefficient (Wildman–Crippen LogP) is 1.44. The van der Waals surface area contributed by atoms with Gasteiger partial charge in [0.05, 0.1) is 0 Å². The maximum atomic E-state index is 5.71. The number of aromatic nitrogens is 2. The van der Waals surface area contributed by atoms with Gasteiger partial charge < -0.3 is 9.32 Å². The predicted molar refractivity (Wildman–Crippen MR) is 42.9 cm³/mol. The van der Waals surface area contributed by atoms with Gasteiger partial charge in [-0.25, -0.2) is 0 Å². The summed E-state index contributed by atoms with van der Waals surface area (Å²) in [5.41, 5.74) is 0. The van der Waals surface area contributed by atoms with E-state index in [9.17, 15) is 0 Å². The molecule has 0 aliphatic rings. The van der Waals surface area contributed by atoms with Crippen molar-refractivity contribution >= 4 is 17.6 Å². The Bertz CT molecular complexity index is 211. The Morgan fingerprint density at radius 1 is 1.45 bits per heavy atom. The minimum atomic E-state index is -0.226. The van der Waals surface area contributed by atoms with Crippen molar-refractivity contribution < 1.29 is 4.42 Å². The van der Waals surface area contributed by atoms with Crippen molar-refractivity contribution in [3.63, 3.8) is 0 Å². The Morgan fingerprint density at radius 2 is 2.09 bits per heavy atom. The minimum absolute atomic E-state index is 0.226. The maximum Gasteiger partial charge on any atom is 0.317 e. The second-order valence-corrected chi connectivity index (χ2v) is 3.09. The van der Waals surface area contributed by atoms with Crippen LogP contribution in [0.1, 0.15) is 18.2 Å². The van der Waals surface area contributed by atoms with E-state index in [0.717, 1.165) is 0 Å². The summed E-state index contributed by atoms with van der Waals surface area (Å²) in [6.07, 6.45) is 0.